The lowest BCUT2D eigenvalue weighted by molar-refractivity contribution is -0.143. The molecule has 1 saturated heterocycles. The fraction of sp³-hybridized carbons (Fsp3) is 0.527. The topological polar surface area (TPSA) is 157 Å². The van der Waals surface area contributed by atoms with Crippen molar-refractivity contribution in [2.45, 2.75) is 109 Å². The first kappa shape index (κ1) is 58.6. The van der Waals surface area contributed by atoms with E-state index in [9.17, 15) is 35.9 Å². The number of amides is 2. The van der Waals surface area contributed by atoms with E-state index in [0.29, 0.717) is 69.2 Å². The monoisotopic (exact) mass is 1050 g/mol. The van der Waals surface area contributed by atoms with Crippen molar-refractivity contribution in [3.05, 3.63) is 107 Å². The first-order valence-electron chi connectivity index (χ1n) is 26.0. The average molecular weight is 1060 g/mol. The van der Waals surface area contributed by atoms with E-state index in [1.807, 2.05) is 43.3 Å². The molecule has 0 radical (unpaired) electrons. The number of fused-ring (bicyclic) bond motifs is 2. The number of anilines is 2. The van der Waals surface area contributed by atoms with Crippen molar-refractivity contribution in [2.75, 3.05) is 84.7 Å². The third-order valence-corrected chi connectivity index (χ3v) is 13.3. The van der Waals surface area contributed by atoms with Crippen LogP contribution in [0.5, 0.6) is 0 Å². The minimum atomic E-state index is -4.96. The van der Waals surface area contributed by atoms with Gasteiger partial charge in [-0.05, 0) is 66.6 Å². The van der Waals surface area contributed by atoms with Crippen LogP contribution in [0.4, 0.5) is 38.0 Å². The number of carbonyl (C=O) groups is 2. The summed E-state index contributed by atoms with van der Waals surface area (Å²) in [7, 11) is 1.61. The van der Waals surface area contributed by atoms with E-state index in [-0.39, 0.29) is 36.0 Å². The second-order valence-corrected chi connectivity index (χ2v) is 18.9. The van der Waals surface area contributed by atoms with Gasteiger partial charge >= 0.3 is 12.4 Å². The van der Waals surface area contributed by atoms with E-state index in [2.05, 4.69) is 54.4 Å². The number of unbranched alkanes of at least 4 members (excludes halogenated alkanes) is 1. The van der Waals surface area contributed by atoms with Crippen LogP contribution in [0.25, 0.3) is 22.2 Å². The van der Waals surface area contributed by atoms with Crippen LogP contribution >= 0.6 is 0 Å². The maximum atomic E-state index is 13.3. The number of halogens is 6. The zero-order valence-corrected chi connectivity index (χ0v) is 43.2. The number of rotatable bonds is 21. The Kier molecular flexibility index (Phi) is 22.7. The Hall–Kier alpha value is -5.64. The fourth-order valence-corrected chi connectivity index (χ4v) is 9.04. The summed E-state index contributed by atoms with van der Waals surface area (Å²) in [5.41, 5.74) is 1.72. The summed E-state index contributed by atoms with van der Waals surface area (Å²) in [5.74, 6) is -0.267. The number of benzene rings is 3. The molecule has 1 atom stereocenters. The van der Waals surface area contributed by atoms with Crippen LogP contribution < -0.4 is 10.6 Å². The predicted molar refractivity (Wildman–Crippen MR) is 276 cm³/mol. The molecule has 2 fully saturated rings. The van der Waals surface area contributed by atoms with Gasteiger partial charge in [-0.1, -0.05) is 88.4 Å². The summed E-state index contributed by atoms with van der Waals surface area (Å²) < 4.78 is 96.3. The summed E-state index contributed by atoms with van der Waals surface area (Å²) in [6, 6.07) is 16.6. The van der Waals surface area contributed by atoms with Crippen LogP contribution in [0.15, 0.2) is 79.1 Å². The van der Waals surface area contributed by atoms with E-state index < -0.39 is 29.2 Å². The third kappa shape index (κ3) is 18.0. The van der Waals surface area contributed by atoms with Crippen LogP contribution in [0.1, 0.15) is 104 Å². The zero-order valence-electron chi connectivity index (χ0n) is 43.2. The number of aromatic nitrogens is 3. The van der Waals surface area contributed by atoms with Crippen molar-refractivity contribution in [3.63, 3.8) is 0 Å². The number of aliphatic hydroxyl groups excluding tert-OH is 1. The summed E-state index contributed by atoms with van der Waals surface area (Å²) >= 11 is 0. The molecule has 20 heteroatoms. The first-order chi connectivity index (χ1) is 36.1. The number of nitrogens with one attached hydrogen (secondary N) is 3. The van der Waals surface area contributed by atoms with Crippen molar-refractivity contribution in [1.29, 1.82) is 0 Å². The van der Waals surface area contributed by atoms with Gasteiger partial charge in [-0.3, -0.25) is 19.4 Å². The van der Waals surface area contributed by atoms with E-state index in [1.54, 1.807) is 18.1 Å². The van der Waals surface area contributed by atoms with Gasteiger partial charge in [0, 0.05) is 94.1 Å². The number of piperazine rings is 1. The second kappa shape index (κ2) is 29.0. The van der Waals surface area contributed by atoms with Gasteiger partial charge in [0.15, 0.2) is 0 Å². The quantitative estimate of drug-likeness (QED) is 0.0410. The van der Waals surface area contributed by atoms with Gasteiger partial charge in [0.2, 0.25) is 11.9 Å². The molecule has 2 aliphatic heterocycles. The highest BCUT2D eigenvalue weighted by Gasteiger charge is 2.38. The number of carbonyl (C=O) groups excluding carboxylic acids is 2. The molecule has 14 nitrogen and oxygen atoms in total. The highest BCUT2D eigenvalue weighted by molar-refractivity contribution is 6.01. The number of aliphatic hydroxyl groups is 1. The van der Waals surface area contributed by atoms with Crippen LogP contribution in [0, 0.1) is 0 Å². The summed E-state index contributed by atoms with van der Waals surface area (Å²) in [4.78, 5) is 42.1. The number of ether oxygens (including phenoxy) is 3. The molecule has 0 bridgehead atoms. The van der Waals surface area contributed by atoms with Crippen molar-refractivity contribution in [2.24, 2.45) is 0 Å². The molecule has 0 spiro atoms. The molecule has 1 saturated carbocycles. The normalized spacial score (nSPS) is 16.0. The number of alkyl halides is 6. The van der Waals surface area contributed by atoms with Crippen molar-refractivity contribution in [1.82, 2.24) is 35.0 Å². The highest BCUT2D eigenvalue weighted by atomic mass is 19.4. The lowest BCUT2D eigenvalue weighted by Gasteiger charge is -2.34. The molecule has 1 aliphatic carbocycles. The number of nitrogens with zero attached hydrogens (tertiary/aromatic N) is 5. The van der Waals surface area contributed by atoms with Crippen LogP contribution in [0.3, 0.4) is 0 Å². The van der Waals surface area contributed by atoms with E-state index in [1.165, 1.54) is 31.0 Å². The predicted octanol–water partition coefficient (Wildman–Crippen LogP) is 10.2. The van der Waals surface area contributed by atoms with E-state index in [4.69, 9.17) is 19.3 Å². The number of H-pyrrole nitrogens is 1. The van der Waals surface area contributed by atoms with Crippen LogP contribution in [-0.2, 0) is 44.4 Å². The average Bonchev–Trinajstić information content (AvgIpc) is 3.98. The zero-order chi connectivity index (χ0) is 53.8. The summed E-state index contributed by atoms with van der Waals surface area (Å²) in [6.45, 7) is 14.1. The molecule has 2 aromatic heterocycles. The standard InChI is InChI=1S/C35H42F6N6O3.C14H18N2O2.C6H12O/c1-2-3-13-48-15-17-50-18-16-49-14-12-46-8-10-47(11-9-46)24-25-4-6-26(7-5-25)30-22-42-32-31(30)23-43-33(45-32)44-29-20-27(34(36,37)38)19-28(21-29)35(39,40)41;1-3-6-12(13(17)15-2)16-9-10-7-4-5-8-11(10)14(16)18;7-6-4-2-1-3-5-6/h4-7,19-23H,2-3,8-18,24H2,1H3,(H2,42,43,44,45);4-5,7-8,12H,3,6,9H2,1-2H3,(H,15,17);6-7H,1-5H2. The maximum absolute atomic E-state index is 13.3. The summed E-state index contributed by atoms with van der Waals surface area (Å²) in [6.07, 6.45) is 2.99. The maximum Gasteiger partial charge on any atom is 0.416 e. The fourth-order valence-electron chi connectivity index (χ4n) is 9.04. The number of aromatic amines is 1. The van der Waals surface area contributed by atoms with Crippen molar-refractivity contribution in [3.8, 4) is 11.1 Å². The van der Waals surface area contributed by atoms with E-state index >= 15 is 0 Å². The van der Waals surface area contributed by atoms with Crippen LogP contribution in [-0.4, -0.2) is 138 Å². The van der Waals surface area contributed by atoms with Gasteiger partial charge < -0.3 is 39.8 Å². The van der Waals surface area contributed by atoms with Gasteiger partial charge in [0.1, 0.15) is 11.7 Å². The van der Waals surface area contributed by atoms with Gasteiger partial charge in [0.05, 0.1) is 50.3 Å². The molecule has 410 valence electrons. The second-order valence-electron chi connectivity index (χ2n) is 18.9. The SMILES string of the molecule is CCCC(C(=O)NC)N1Cc2ccccc2C1=O.CCCCOCCOCCOCCN1CCN(Cc2ccc(-c3c[nH]c4nc(Nc5cc(C(F)(F)F)cc(C(F)(F)F)c5)ncc34)cc2)CC1.OC1CCCCC1. The van der Waals surface area contributed by atoms with Crippen LogP contribution in [0.2, 0.25) is 0 Å². The Balaban J connectivity index is 0.000000297. The van der Waals surface area contributed by atoms with Gasteiger partial charge in [-0.2, -0.15) is 31.3 Å². The van der Waals surface area contributed by atoms with Crippen molar-refractivity contribution >= 4 is 34.5 Å². The molecule has 1 unspecified atom stereocenters. The lowest BCUT2D eigenvalue weighted by atomic mass is 9.98. The van der Waals surface area contributed by atoms with E-state index in [0.717, 1.165) is 100 Å². The summed E-state index contributed by atoms with van der Waals surface area (Å²) in [5, 5.41) is 14.7. The minimum Gasteiger partial charge on any atom is -0.393 e. The Morgan fingerprint density at radius 3 is 2.01 bits per heavy atom. The smallest absolute Gasteiger partial charge is 0.393 e. The Labute approximate surface area is 435 Å². The first-order valence-corrected chi connectivity index (χ1v) is 26.0. The molecule has 4 N–H and O–H groups in total. The molecule has 75 heavy (non-hydrogen) atoms. The largest absolute Gasteiger partial charge is 0.416 e. The molecular formula is C55H72F6N8O6. The molecule has 5 aromatic rings. The highest BCUT2D eigenvalue weighted by Crippen LogP contribution is 2.38. The Bertz CT molecular complexity index is 2500. The number of likely N-dealkylation sites (N-methyl/N-ethyl adjacent to an activating group) is 1. The molecule has 3 aromatic carbocycles. The molecule has 3 aliphatic rings. The Morgan fingerprint density at radius 2 is 1.43 bits per heavy atom. The van der Waals surface area contributed by atoms with Gasteiger partial charge in [0.25, 0.3) is 5.91 Å². The lowest BCUT2D eigenvalue weighted by Crippen LogP contribution is -2.46. The molecule has 4 heterocycles. The number of hydrogen-bond acceptors (Lipinski definition) is 11. The molecule has 8 rings (SSSR count). The minimum absolute atomic E-state index is 0.0346. The van der Waals surface area contributed by atoms with Gasteiger partial charge in [-0.15, -0.1) is 0 Å². The molecule has 2 amide bonds. The van der Waals surface area contributed by atoms with Crippen molar-refractivity contribution < 1.29 is 55.2 Å². The third-order valence-electron chi connectivity index (χ3n) is 13.3. The van der Waals surface area contributed by atoms with Gasteiger partial charge in [-0.25, -0.2) is 4.98 Å². The Morgan fingerprint density at radius 1 is 0.800 bits per heavy atom. The number of hydrogen-bond donors (Lipinski definition) is 4. The molecular weight excluding hydrogens is 983 g/mol.